The molecule has 1 amide bonds. The van der Waals surface area contributed by atoms with Gasteiger partial charge in [-0.3, -0.25) is 4.79 Å². The van der Waals surface area contributed by atoms with Crippen LogP contribution in [0.15, 0.2) is 53.4 Å². The molecule has 2 rings (SSSR count). The molecule has 0 aliphatic carbocycles. The normalized spacial score (nSPS) is 12.1. The number of halogens is 1. The van der Waals surface area contributed by atoms with Gasteiger partial charge in [-0.1, -0.05) is 37.6 Å². The third kappa shape index (κ3) is 5.95. The number of rotatable bonds is 9. The summed E-state index contributed by atoms with van der Waals surface area (Å²) >= 11 is 5.86. The minimum atomic E-state index is -3.49. The van der Waals surface area contributed by atoms with Crippen LogP contribution in [0.3, 0.4) is 0 Å². The lowest BCUT2D eigenvalue weighted by Crippen LogP contribution is -2.46. The number of benzene rings is 2. The fourth-order valence-corrected chi connectivity index (χ4v) is 4.31. The van der Waals surface area contributed by atoms with Crippen molar-refractivity contribution in [2.45, 2.75) is 44.7 Å². The Bertz CT molecular complexity index is 922. The molecule has 0 aliphatic heterocycles. The van der Waals surface area contributed by atoms with Crippen LogP contribution in [0.25, 0.3) is 0 Å². The second-order valence-corrected chi connectivity index (χ2v) is 9.36. The van der Waals surface area contributed by atoms with E-state index >= 15 is 0 Å². The minimum Gasteiger partial charge on any atom is -0.478 e. The van der Waals surface area contributed by atoms with Crippen molar-refractivity contribution in [1.82, 2.24) is 9.62 Å². The molecule has 0 spiro atoms. The van der Waals surface area contributed by atoms with E-state index in [0.29, 0.717) is 23.9 Å². The van der Waals surface area contributed by atoms with Gasteiger partial charge in [0.15, 0.2) is 5.60 Å². The molecule has 0 heterocycles. The molecule has 0 saturated carbocycles. The highest BCUT2D eigenvalue weighted by atomic mass is 35.5. The second-order valence-electron chi connectivity index (χ2n) is 6.98. The van der Waals surface area contributed by atoms with E-state index in [1.165, 1.54) is 4.31 Å². The third-order valence-electron chi connectivity index (χ3n) is 4.45. The van der Waals surface area contributed by atoms with Crippen LogP contribution in [0.4, 0.5) is 0 Å². The van der Waals surface area contributed by atoms with Crippen LogP contribution >= 0.6 is 11.6 Å². The van der Waals surface area contributed by atoms with Crippen molar-refractivity contribution in [3.8, 4) is 5.75 Å². The van der Waals surface area contributed by atoms with E-state index in [9.17, 15) is 13.2 Å². The lowest BCUT2D eigenvalue weighted by atomic mass is 10.1. The van der Waals surface area contributed by atoms with E-state index < -0.39 is 15.6 Å². The van der Waals surface area contributed by atoms with Gasteiger partial charge in [0, 0.05) is 24.7 Å². The Morgan fingerprint density at radius 2 is 1.59 bits per heavy atom. The van der Waals surface area contributed by atoms with Crippen molar-refractivity contribution in [3.05, 3.63) is 59.1 Å². The van der Waals surface area contributed by atoms with Crippen LogP contribution in [0.2, 0.25) is 5.02 Å². The molecule has 0 unspecified atom stereocenters. The monoisotopic (exact) mass is 438 g/mol. The summed E-state index contributed by atoms with van der Waals surface area (Å²) in [7, 11) is -3.49. The number of ether oxygens (including phenoxy) is 1. The van der Waals surface area contributed by atoms with Gasteiger partial charge in [0.1, 0.15) is 5.75 Å². The molecule has 29 heavy (non-hydrogen) atoms. The lowest BCUT2D eigenvalue weighted by molar-refractivity contribution is -0.134. The summed E-state index contributed by atoms with van der Waals surface area (Å²) in [6, 6.07) is 13.3. The average Bonchev–Trinajstić information content (AvgIpc) is 2.68. The lowest BCUT2D eigenvalue weighted by Gasteiger charge is -2.25. The van der Waals surface area contributed by atoms with Crippen LogP contribution in [0, 0.1) is 0 Å². The molecular formula is C21H27ClN2O4S. The summed E-state index contributed by atoms with van der Waals surface area (Å²) < 4.78 is 32.2. The number of amides is 1. The maximum Gasteiger partial charge on any atom is 0.263 e. The average molecular weight is 439 g/mol. The Balaban J connectivity index is 2.00. The first kappa shape index (κ1) is 23.2. The van der Waals surface area contributed by atoms with Gasteiger partial charge in [-0.2, -0.15) is 4.31 Å². The zero-order valence-corrected chi connectivity index (χ0v) is 18.7. The molecule has 0 fully saturated rings. The highest BCUT2D eigenvalue weighted by Crippen LogP contribution is 2.21. The van der Waals surface area contributed by atoms with Gasteiger partial charge in [-0.05, 0) is 55.8 Å². The second kappa shape index (κ2) is 9.61. The number of nitrogens with one attached hydrogen (secondary N) is 1. The number of carbonyl (C=O) groups is 1. The number of hydrogen-bond donors (Lipinski definition) is 1. The van der Waals surface area contributed by atoms with Crippen molar-refractivity contribution in [2.75, 3.05) is 13.1 Å². The molecule has 0 aromatic heterocycles. The Morgan fingerprint density at radius 1 is 1.03 bits per heavy atom. The smallest absolute Gasteiger partial charge is 0.263 e. The van der Waals surface area contributed by atoms with E-state index in [1.54, 1.807) is 76.2 Å². The zero-order chi connectivity index (χ0) is 21.7. The highest BCUT2D eigenvalue weighted by molar-refractivity contribution is 7.89. The van der Waals surface area contributed by atoms with E-state index in [0.717, 1.165) is 5.56 Å². The summed E-state index contributed by atoms with van der Waals surface area (Å²) in [5.74, 6) is 0.257. The maximum absolute atomic E-state index is 12.5. The van der Waals surface area contributed by atoms with Gasteiger partial charge in [0.25, 0.3) is 5.91 Å². The number of sulfonamides is 1. The molecule has 6 nitrogen and oxygen atoms in total. The van der Waals surface area contributed by atoms with Crippen LogP contribution in [0.5, 0.6) is 5.75 Å². The molecule has 8 heteroatoms. The SMILES string of the molecule is CCN(CC)S(=O)(=O)c1ccc(CNC(=O)C(C)(C)Oc2ccc(Cl)cc2)cc1. The molecule has 0 bridgehead atoms. The van der Waals surface area contributed by atoms with E-state index in [1.807, 2.05) is 0 Å². The van der Waals surface area contributed by atoms with Gasteiger partial charge >= 0.3 is 0 Å². The summed E-state index contributed by atoms with van der Waals surface area (Å²) in [6.07, 6.45) is 0. The van der Waals surface area contributed by atoms with Crippen molar-refractivity contribution < 1.29 is 17.9 Å². The van der Waals surface area contributed by atoms with Crippen LogP contribution in [-0.4, -0.2) is 37.3 Å². The van der Waals surface area contributed by atoms with Gasteiger partial charge < -0.3 is 10.1 Å². The molecule has 0 aliphatic rings. The summed E-state index contributed by atoms with van der Waals surface area (Å²) in [6.45, 7) is 8.06. The van der Waals surface area contributed by atoms with Gasteiger partial charge in [-0.15, -0.1) is 0 Å². The molecule has 1 N–H and O–H groups in total. The number of carbonyl (C=O) groups excluding carboxylic acids is 1. The first-order valence-corrected chi connectivity index (χ1v) is 11.2. The Morgan fingerprint density at radius 3 is 2.10 bits per heavy atom. The Kier molecular flexibility index (Phi) is 7.68. The topological polar surface area (TPSA) is 75.7 Å². The van der Waals surface area contributed by atoms with Crippen LogP contribution in [0.1, 0.15) is 33.3 Å². The molecular weight excluding hydrogens is 412 g/mol. The number of nitrogens with zero attached hydrogens (tertiary/aromatic N) is 1. The van der Waals surface area contributed by atoms with Gasteiger partial charge in [-0.25, -0.2) is 8.42 Å². The van der Waals surface area contributed by atoms with Crippen LogP contribution in [-0.2, 0) is 21.4 Å². The zero-order valence-electron chi connectivity index (χ0n) is 17.1. The van der Waals surface area contributed by atoms with Gasteiger partial charge in [0.2, 0.25) is 10.0 Å². The molecule has 2 aromatic carbocycles. The summed E-state index contributed by atoms with van der Waals surface area (Å²) in [5.41, 5.74) is -0.293. The number of hydrogen-bond acceptors (Lipinski definition) is 4. The van der Waals surface area contributed by atoms with E-state index in [2.05, 4.69) is 5.32 Å². The Labute approximate surface area is 177 Å². The minimum absolute atomic E-state index is 0.239. The predicted molar refractivity (Wildman–Crippen MR) is 115 cm³/mol. The molecule has 158 valence electrons. The fraction of sp³-hybridized carbons (Fsp3) is 0.381. The maximum atomic E-state index is 12.5. The van der Waals surface area contributed by atoms with Crippen molar-refractivity contribution in [2.24, 2.45) is 0 Å². The van der Waals surface area contributed by atoms with Crippen molar-refractivity contribution in [1.29, 1.82) is 0 Å². The van der Waals surface area contributed by atoms with Crippen molar-refractivity contribution in [3.63, 3.8) is 0 Å². The van der Waals surface area contributed by atoms with E-state index in [-0.39, 0.29) is 17.3 Å². The van der Waals surface area contributed by atoms with Gasteiger partial charge in [0.05, 0.1) is 4.90 Å². The van der Waals surface area contributed by atoms with Crippen LogP contribution < -0.4 is 10.1 Å². The molecule has 2 aromatic rings. The predicted octanol–water partition coefficient (Wildman–Crippen LogP) is 3.84. The third-order valence-corrected chi connectivity index (χ3v) is 6.77. The quantitative estimate of drug-likeness (QED) is 0.645. The Hall–Kier alpha value is -2.09. The highest BCUT2D eigenvalue weighted by Gasteiger charge is 2.29. The van der Waals surface area contributed by atoms with E-state index in [4.69, 9.17) is 16.3 Å². The molecule has 0 radical (unpaired) electrons. The standard InChI is InChI=1S/C21H27ClN2O4S/c1-5-24(6-2)29(26,27)19-13-7-16(8-14-19)15-23-20(25)21(3,4)28-18-11-9-17(22)10-12-18/h7-14H,5-6,15H2,1-4H3,(H,23,25). The van der Waals surface area contributed by atoms with Crippen molar-refractivity contribution >= 4 is 27.5 Å². The first-order chi connectivity index (χ1) is 13.6. The molecule has 0 saturated heterocycles. The molecule has 0 atom stereocenters. The summed E-state index contributed by atoms with van der Waals surface area (Å²) in [5, 5.41) is 3.41. The largest absolute Gasteiger partial charge is 0.478 e. The summed E-state index contributed by atoms with van der Waals surface area (Å²) in [4.78, 5) is 12.8. The first-order valence-electron chi connectivity index (χ1n) is 9.42. The fourth-order valence-electron chi connectivity index (χ4n) is 2.73.